The van der Waals surface area contributed by atoms with Gasteiger partial charge in [-0.15, -0.1) is 0 Å². The molecule has 0 saturated carbocycles. The van der Waals surface area contributed by atoms with Crippen LogP contribution in [0.2, 0.25) is 5.02 Å². The Morgan fingerprint density at radius 1 is 1.40 bits per heavy atom. The normalized spacial score (nSPS) is 10.6. The first kappa shape index (κ1) is 9.98. The molecule has 0 saturated heterocycles. The van der Waals surface area contributed by atoms with Gasteiger partial charge in [0.2, 0.25) is 0 Å². The molecular weight excluding hydrogens is 219 g/mol. The Hall–Kier alpha value is -1.55. The van der Waals surface area contributed by atoms with Crippen molar-refractivity contribution in [1.82, 2.24) is 5.16 Å². The number of nitrogens with two attached hydrogens (primary N) is 1. The summed E-state index contributed by atoms with van der Waals surface area (Å²) < 4.78 is 18.1. The summed E-state index contributed by atoms with van der Waals surface area (Å²) in [6.45, 7) is 1.77. The van der Waals surface area contributed by atoms with E-state index in [-0.39, 0.29) is 5.82 Å². The lowest BCUT2D eigenvalue weighted by Crippen LogP contribution is -1.86. The summed E-state index contributed by atoms with van der Waals surface area (Å²) in [7, 11) is 0. The fraction of sp³-hybridized carbons (Fsp3) is 0.100. The smallest absolute Gasteiger partial charge is 0.169 e. The SMILES string of the molecule is Cc1c(Cl)cc(F)cc1-c1cc(N)no1. The highest BCUT2D eigenvalue weighted by Crippen LogP contribution is 2.30. The summed E-state index contributed by atoms with van der Waals surface area (Å²) in [6, 6.07) is 4.11. The zero-order chi connectivity index (χ0) is 11.0. The molecule has 15 heavy (non-hydrogen) atoms. The lowest BCUT2D eigenvalue weighted by molar-refractivity contribution is 0.435. The summed E-state index contributed by atoms with van der Waals surface area (Å²) in [5, 5.41) is 3.88. The highest BCUT2D eigenvalue weighted by Gasteiger charge is 2.12. The molecule has 0 unspecified atom stereocenters. The first-order valence-electron chi connectivity index (χ1n) is 4.26. The van der Waals surface area contributed by atoms with Crippen LogP contribution in [0.1, 0.15) is 5.56 Å². The van der Waals surface area contributed by atoms with Crippen molar-refractivity contribution in [2.75, 3.05) is 5.73 Å². The molecule has 1 aromatic heterocycles. The van der Waals surface area contributed by atoms with Gasteiger partial charge >= 0.3 is 0 Å². The van der Waals surface area contributed by atoms with E-state index < -0.39 is 5.82 Å². The second-order valence-electron chi connectivity index (χ2n) is 3.18. The Bertz CT molecular complexity index is 510. The number of nitrogen functional groups attached to an aromatic ring is 1. The highest BCUT2D eigenvalue weighted by atomic mass is 35.5. The maximum absolute atomic E-state index is 13.1. The molecule has 0 aliphatic heterocycles. The molecule has 0 fully saturated rings. The maximum atomic E-state index is 13.1. The molecule has 0 radical (unpaired) electrons. The predicted molar refractivity (Wildman–Crippen MR) is 56.1 cm³/mol. The second kappa shape index (κ2) is 3.55. The molecule has 2 aromatic rings. The zero-order valence-corrected chi connectivity index (χ0v) is 8.68. The fourth-order valence-corrected chi connectivity index (χ4v) is 1.52. The van der Waals surface area contributed by atoms with E-state index >= 15 is 0 Å². The number of nitrogens with zero attached hydrogens (tertiary/aromatic N) is 1. The molecular formula is C10H8ClFN2O. The van der Waals surface area contributed by atoms with Crippen molar-refractivity contribution in [3.05, 3.63) is 34.6 Å². The van der Waals surface area contributed by atoms with E-state index in [1.165, 1.54) is 18.2 Å². The van der Waals surface area contributed by atoms with Gasteiger partial charge in [0.15, 0.2) is 11.6 Å². The van der Waals surface area contributed by atoms with Crippen LogP contribution in [0.25, 0.3) is 11.3 Å². The van der Waals surface area contributed by atoms with Gasteiger partial charge in [-0.3, -0.25) is 0 Å². The Kier molecular flexibility index (Phi) is 2.36. The summed E-state index contributed by atoms with van der Waals surface area (Å²) in [5.74, 6) is 0.242. The molecule has 0 amide bonds. The Balaban J connectivity index is 2.62. The van der Waals surface area contributed by atoms with Gasteiger partial charge in [-0.2, -0.15) is 0 Å². The van der Waals surface area contributed by atoms with Crippen molar-refractivity contribution in [1.29, 1.82) is 0 Å². The molecule has 0 atom stereocenters. The second-order valence-corrected chi connectivity index (χ2v) is 3.58. The Labute approximate surface area is 90.6 Å². The van der Waals surface area contributed by atoms with Crippen molar-refractivity contribution in [3.63, 3.8) is 0 Å². The fourth-order valence-electron chi connectivity index (χ4n) is 1.32. The summed E-state index contributed by atoms with van der Waals surface area (Å²) >= 11 is 5.84. The molecule has 2 N–H and O–H groups in total. The van der Waals surface area contributed by atoms with Gasteiger partial charge in [-0.05, 0) is 24.6 Å². The van der Waals surface area contributed by atoms with Gasteiger partial charge in [0.1, 0.15) is 5.82 Å². The first-order valence-corrected chi connectivity index (χ1v) is 4.64. The van der Waals surface area contributed by atoms with Gasteiger partial charge in [-0.25, -0.2) is 4.39 Å². The van der Waals surface area contributed by atoms with Gasteiger partial charge in [-0.1, -0.05) is 16.8 Å². The van der Waals surface area contributed by atoms with Crippen LogP contribution in [0.3, 0.4) is 0 Å². The van der Waals surface area contributed by atoms with Crippen LogP contribution in [-0.4, -0.2) is 5.16 Å². The van der Waals surface area contributed by atoms with Crippen molar-refractivity contribution < 1.29 is 8.91 Å². The molecule has 0 aliphatic rings. The molecule has 2 rings (SSSR count). The molecule has 0 aliphatic carbocycles. The summed E-state index contributed by atoms with van der Waals surface area (Å²) in [5.41, 5.74) is 6.70. The van der Waals surface area contributed by atoms with E-state index in [1.54, 1.807) is 6.92 Å². The number of anilines is 1. The van der Waals surface area contributed by atoms with Crippen molar-refractivity contribution in [3.8, 4) is 11.3 Å². The molecule has 1 heterocycles. The predicted octanol–water partition coefficient (Wildman–Crippen LogP) is 3.02. The third kappa shape index (κ3) is 1.80. The number of benzene rings is 1. The first-order chi connectivity index (χ1) is 7.08. The van der Waals surface area contributed by atoms with Crippen molar-refractivity contribution in [2.45, 2.75) is 6.92 Å². The number of halogens is 2. The number of hydrogen-bond donors (Lipinski definition) is 1. The van der Waals surface area contributed by atoms with E-state index in [9.17, 15) is 4.39 Å². The molecule has 78 valence electrons. The number of hydrogen-bond acceptors (Lipinski definition) is 3. The lowest BCUT2D eigenvalue weighted by atomic mass is 10.1. The van der Waals surface area contributed by atoms with Crippen LogP contribution in [0.15, 0.2) is 22.7 Å². The molecule has 0 bridgehead atoms. The van der Waals surface area contributed by atoms with Crippen LogP contribution in [0.4, 0.5) is 10.2 Å². The minimum Gasteiger partial charge on any atom is -0.381 e. The largest absolute Gasteiger partial charge is 0.381 e. The van der Waals surface area contributed by atoms with Crippen LogP contribution >= 0.6 is 11.6 Å². The van der Waals surface area contributed by atoms with Crippen molar-refractivity contribution in [2.24, 2.45) is 0 Å². The van der Waals surface area contributed by atoms with E-state index in [2.05, 4.69) is 5.16 Å². The Morgan fingerprint density at radius 3 is 2.73 bits per heavy atom. The number of aromatic nitrogens is 1. The Morgan fingerprint density at radius 2 is 2.13 bits per heavy atom. The molecule has 5 heteroatoms. The average Bonchev–Trinajstić information content (AvgIpc) is 2.58. The topological polar surface area (TPSA) is 52.0 Å². The minimum atomic E-state index is -0.421. The molecule has 0 spiro atoms. The quantitative estimate of drug-likeness (QED) is 0.813. The molecule has 3 nitrogen and oxygen atoms in total. The van der Waals surface area contributed by atoms with Gasteiger partial charge in [0, 0.05) is 16.7 Å². The molecule has 1 aromatic carbocycles. The van der Waals surface area contributed by atoms with E-state index in [1.807, 2.05) is 0 Å². The third-order valence-corrected chi connectivity index (χ3v) is 2.50. The van der Waals surface area contributed by atoms with Crippen LogP contribution < -0.4 is 5.73 Å². The minimum absolute atomic E-state index is 0.254. The number of rotatable bonds is 1. The summed E-state index contributed by atoms with van der Waals surface area (Å²) in [6.07, 6.45) is 0. The summed E-state index contributed by atoms with van der Waals surface area (Å²) in [4.78, 5) is 0. The lowest BCUT2D eigenvalue weighted by Gasteiger charge is -2.03. The van der Waals surface area contributed by atoms with Gasteiger partial charge < -0.3 is 10.3 Å². The standard InChI is InChI=1S/C10H8ClFN2O/c1-5-7(2-6(12)3-8(5)11)9-4-10(13)14-15-9/h2-4H,1H3,(H2,13,14). The zero-order valence-electron chi connectivity index (χ0n) is 7.92. The van der Waals surface area contributed by atoms with Crippen LogP contribution in [0, 0.1) is 12.7 Å². The van der Waals surface area contributed by atoms with Crippen LogP contribution in [-0.2, 0) is 0 Å². The maximum Gasteiger partial charge on any atom is 0.169 e. The van der Waals surface area contributed by atoms with Gasteiger partial charge in [0.25, 0.3) is 0 Å². The van der Waals surface area contributed by atoms with Crippen molar-refractivity contribution >= 4 is 17.4 Å². The highest BCUT2D eigenvalue weighted by molar-refractivity contribution is 6.31. The van der Waals surface area contributed by atoms with E-state index in [0.717, 1.165) is 5.56 Å². The van der Waals surface area contributed by atoms with Crippen LogP contribution in [0.5, 0.6) is 0 Å². The monoisotopic (exact) mass is 226 g/mol. The van der Waals surface area contributed by atoms with Gasteiger partial charge in [0.05, 0.1) is 0 Å². The van der Waals surface area contributed by atoms with E-state index in [4.69, 9.17) is 21.9 Å². The van der Waals surface area contributed by atoms with E-state index in [0.29, 0.717) is 16.3 Å². The average molecular weight is 227 g/mol. The third-order valence-electron chi connectivity index (χ3n) is 2.10.